The van der Waals surface area contributed by atoms with Crippen LogP contribution in [-0.4, -0.2) is 53.4 Å². The van der Waals surface area contributed by atoms with Gasteiger partial charge in [-0.2, -0.15) is 0 Å². The van der Waals surface area contributed by atoms with Gasteiger partial charge in [0.25, 0.3) is 0 Å². The van der Waals surface area contributed by atoms with Crippen molar-refractivity contribution in [3.63, 3.8) is 0 Å². The molecule has 10 aromatic rings. The smallest absolute Gasteiger partial charge is 0.870 e. The number of hydrogen-bond acceptors (Lipinski definition) is 10. The number of ether oxygens (including phenoxy) is 3. The monoisotopic (exact) mass is 1070 g/mol. The van der Waals surface area contributed by atoms with Crippen LogP contribution in [0.4, 0.5) is 29.7 Å². The number of nitrogens with zero attached hydrogens (tertiary/aromatic N) is 2. The van der Waals surface area contributed by atoms with Crippen LogP contribution in [0, 0.1) is 11.6 Å². The van der Waals surface area contributed by atoms with Gasteiger partial charge in [-0.15, -0.1) is 0 Å². The Hall–Kier alpha value is -9.26. The Bertz CT molecular complexity index is 3880. The van der Waals surface area contributed by atoms with Gasteiger partial charge in [0.2, 0.25) is 0 Å². The maximum absolute atomic E-state index is 13.7. The minimum absolute atomic E-state index is 0. The SMILES string of the molecule is CCOC(=O)c1c(-c2ccc(F)cc2)oc2cc(N3C(=O)O[C@H](c4ccccc4)[C@@H]3C)c(-c3ccccc3)cc12.C[C@H]1[C@@H](c2ccccc2)OC(=O)N1c1cc2oc(-c3ccc(F)cc3)c(C(=O)O)c2cc1-c1ccccc1.[Li+].[OH-]. The van der Waals surface area contributed by atoms with E-state index in [1.165, 1.54) is 36.4 Å². The van der Waals surface area contributed by atoms with Gasteiger partial charge >= 0.3 is 43.0 Å². The molecule has 16 heteroatoms. The Labute approximate surface area is 470 Å². The molecule has 0 saturated carbocycles. The second-order valence-corrected chi connectivity index (χ2v) is 18.8. The van der Waals surface area contributed by atoms with Gasteiger partial charge in [0.15, 0.2) is 0 Å². The number of amides is 2. The number of benzene rings is 8. The summed E-state index contributed by atoms with van der Waals surface area (Å²) < 4.78 is 56.7. The predicted molar refractivity (Wildman–Crippen MR) is 294 cm³/mol. The van der Waals surface area contributed by atoms with Crippen molar-refractivity contribution in [3.05, 3.63) is 228 Å². The average Bonchev–Trinajstić information content (AvgIpc) is 4.22. The van der Waals surface area contributed by atoms with E-state index < -0.39 is 48.0 Å². The molecule has 2 N–H and O–H groups in total. The van der Waals surface area contributed by atoms with Crippen LogP contribution in [0.2, 0.25) is 0 Å². The van der Waals surface area contributed by atoms with Crippen LogP contribution in [0.25, 0.3) is 66.8 Å². The van der Waals surface area contributed by atoms with Crippen molar-refractivity contribution >= 4 is 57.4 Å². The first-order valence-corrected chi connectivity index (χ1v) is 25.2. The Morgan fingerprint density at radius 3 is 1.26 bits per heavy atom. The molecule has 13 nitrogen and oxygen atoms in total. The molecule has 2 amide bonds. The summed E-state index contributed by atoms with van der Waals surface area (Å²) in [5.41, 5.74) is 7.78. The molecule has 12 rings (SSSR count). The van der Waals surface area contributed by atoms with E-state index in [1.54, 1.807) is 47.1 Å². The summed E-state index contributed by atoms with van der Waals surface area (Å²) in [6, 6.07) is 55.7. The summed E-state index contributed by atoms with van der Waals surface area (Å²) in [4.78, 5) is 55.5. The first-order valence-electron chi connectivity index (χ1n) is 25.2. The fourth-order valence-electron chi connectivity index (χ4n) is 10.3. The minimum atomic E-state index is -1.17. The molecular weight excluding hydrogens is 1020 g/mol. The Morgan fingerprint density at radius 1 is 0.525 bits per heavy atom. The molecule has 0 unspecified atom stereocenters. The summed E-state index contributed by atoms with van der Waals surface area (Å²) >= 11 is 0. The first-order chi connectivity index (χ1) is 37.9. The van der Waals surface area contributed by atoms with E-state index in [0.717, 1.165) is 27.8 Å². The number of cyclic esters (lactones) is 2. The third-order valence-electron chi connectivity index (χ3n) is 14.0. The van der Waals surface area contributed by atoms with Crippen LogP contribution in [0.5, 0.6) is 0 Å². The minimum Gasteiger partial charge on any atom is -0.870 e. The molecular formula is C64H49F2LiN2O11. The molecule has 0 spiro atoms. The molecule has 2 fully saturated rings. The van der Waals surface area contributed by atoms with Gasteiger partial charge < -0.3 is 33.6 Å². The Morgan fingerprint density at radius 2 is 0.887 bits per heavy atom. The molecule has 2 aromatic heterocycles. The number of hydrogen-bond donors (Lipinski definition) is 1. The maximum Gasteiger partial charge on any atom is 1.00 e. The van der Waals surface area contributed by atoms with Gasteiger partial charge in [0, 0.05) is 45.2 Å². The number of carboxylic acid groups (broad SMARTS) is 1. The normalized spacial score (nSPS) is 16.5. The van der Waals surface area contributed by atoms with Gasteiger partial charge in [-0.25, -0.2) is 28.0 Å². The molecule has 396 valence electrons. The topological polar surface area (TPSA) is 179 Å². The Balaban J connectivity index is 0.000000189. The van der Waals surface area contributed by atoms with E-state index in [9.17, 15) is 33.1 Å². The van der Waals surface area contributed by atoms with E-state index in [-0.39, 0.29) is 65.7 Å². The third-order valence-corrected chi connectivity index (χ3v) is 14.0. The quantitative estimate of drug-likeness (QED) is 0.0740. The number of halogens is 2. The van der Waals surface area contributed by atoms with Gasteiger partial charge in [-0.1, -0.05) is 121 Å². The molecule has 0 aliphatic carbocycles. The van der Waals surface area contributed by atoms with Gasteiger partial charge in [-0.05, 0) is 104 Å². The molecule has 4 atom stereocenters. The number of furan rings is 2. The van der Waals surface area contributed by atoms with Crippen molar-refractivity contribution in [2.24, 2.45) is 0 Å². The zero-order valence-corrected chi connectivity index (χ0v) is 43.7. The second kappa shape index (κ2) is 23.4. The van der Waals surface area contributed by atoms with Crippen molar-refractivity contribution in [2.75, 3.05) is 16.4 Å². The van der Waals surface area contributed by atoms with Crippen molar-refractivity contribution in [2.45, 2.75) is 45.1 Å². The van der Waals surface area contributed by atoms with Gasteiger partial charge in [0.1, 0.15) is 57.7 Å². The van der Waals surface area contributed by atoms with Crippen LogP contribution < -0.4 is 28.7 Å². The summed E-state index contributed by atoms with van der Waals surface area (Å²) in [5, 5.41) is 11.0. The standard InChI is InChI=1S/C33H26FNO5.C31H22FNO5.Li.H2O/c1-3-38-32(36)29-26-18-25(21-10-6-4-7-11-21)27(19-28(26)39-31(29)23-14-16-24(34)17-15-23)35-20(2)30(40-33(35)37)22-12-8-5-9-13-22;1-18-28(20-10-6-3-7-11-20)38-31(36)33(18)25-17-26-24(16-23(25)19-8-4-2-5-9-19)27(30(34)35)29(37-26)21-12-14-22(32)15-13-21;;/h4-20,30H,3H2,1-2H3;2-18,28H,1H3,(H,34,35);;1H2/q;;+1;/p-1/t20-,30-;18-,28-;;/m00../s1. The molecule has 0 radical (unpaired) electrons. The van der Waals surface area contributed by atoms with Crippen molar-refractivity contribution in [1.29, 1.82) is 0 Å². The average molecular weight is 1070 g/mol. The van der Waals surface area contributed by atoms with Crippen LogP contribution in [-0.2, 0) is 14.2 Å². The number of anilines is 2. The number of carbonyl (C=O) groups excluding carboxylic acids is 3. The van der Waals surface area contributed by atoms with Gasteiger partial charge in [0.05, 0.1) is 30.1 Å². The van der Waals surface area contributed by atoms with Crippen LogP contribution in [0.3, 0.4) is 0 Å². The fraction of sp³-hybridized carbons (Fsp3) is 0.125. The number of aromatic carboxylic acids is 1. The molecule has 80 heavy (non-hydrogen) atoms. The fourth-order valence-corrected chi connectivity index (χ4v) is 10.3. The third kappa shape index (κ3) is 10.4. The van der Waals surface area contributed by atoms with E-state index in [1.807, 2.05) is 141 Å². The molecule has 8 aromatic carbocycles. The number of rotatable bonds is 11. The largest absolute Gasteiger partial charge is 1.00 e. The Kier molecular flexibility index (Phi) is 16.2. The van der Waals surface area contributed by atoms with Gasteiger partial charge in [-0.3, -0.25) is 9.80 Å². The summed E-state index contributed by atoms with van der Waals surface area (Å²) in [6.07, 6.45) is -1.93. The number of carboxylic acids is 1. The summed E-state index contributed by atoms with van der Waals surface area (Å²) in [7, 11) is 0. The van der Waals surface area contributed by atoms with Crippen molar-refractivity contribution in [3.8, 4) is 44.9 Å². The van der Waals surface area contributed by atoms with Crippen LogP contribution in [0.15, 0.2) is 203 Å². The molecule has 2 saturated heterocycles. The van der Waals surface area contributed by atoms with E-state index in [0.29, 0.717) is 50.0 Å². The molecule has 2 aliphatic rings. The summed E-state index contributed by atoms with van der Waals surface area (Å²) in [6.45, 7) is 5.76. The van der Waals surface area contributed by atoms with Crippen LogP contribution in [0.1, 0.15) is 64.8 Å². The zero-order valence-electron chi connectivity index (χ0n) is 43.7. The molecule has 4 heterocycles. The van der Waals surface area contributed by atoms with E-state index in [4.69, 9.17) is 23.0 Å². The predicted octanol–water partition coefficient (Wildman–Crippen LogP) is 12.7. The van der Waals surface area contributed by atoms with Crippen molar-refractivity contribution < 1.29 is 80.4 Å². The van der Waals surface area contributed by atoms with E-state index >= 15 is 0 Å². The molecule has 0 bridgehead atoms. The van der Waals surface area contributed by atoms with Crippen LogP contribution >= 0.6 is 0 Å². The first kappa shape index (κ1) is 55.5. The number of carbonyl (C=O) groups is 4. The number of fused-ring (bicyclic) bond motifs is 2. The second-order valence-electron chi connectivity index (χ2n) is 18.8. The zero-order chi connectivity index (χ0) is 54.2. The summed E-state index contributed by atoms with van der Waals surface area (Å²) in [5.74, 6) is -2.18. The molecule has 2 aliphatic heterocycles. The maximum atomic E-state index is 13.7. The number of esters is 1. The van der Waals surface area contributed by atoms with Crippen molar-refractivity contribution in [1.82, 2.24) is 0 Å². The van der Waals surface area contributed by atoms with E-state index in [2.05, 4.69) is 0 Å².